The molecule has 0 amide bonds. The zero-order chi connectivity index (χ0) is 12.0. The molecule has 0 aliphatic carbocycles. The van der Waals surface area contributed by atoms with E-state index in [9.17, 15) is 0 Å². The van der Waals surface area contributed by atoms with Crippen molar-refractivity contribution < 1.29 is 0 Å². The maximum Gasteiger partial charge on any atom is 0.139 e. The Labute approximate surface area is 102 Å². The van der Waals surface area contributed by atoms with Crippen LogP contribution in [0.15, 0.2) is 30.9 Å². The molecule has 6 heteroatoms. The quantitative estimate of drug-likeness (QED) is 0.715. The fourth-order valence-electron chi connectivity index (χ4n) is 1.81. The van der Waals surface area contributed by atoms with Gasteiger partial charge in [0.2, 0.25) is 0 Å². The molecule has 0 aromatic carbocycles. The molecular weight excluding hydrogens is 238 g/mol. The summed E-state index contributed by atoms with van der Waals surface area (Å²) in [6.07, 6.45) is 5.20. The molecule has 0 aliphatic heterocycles. The maximum atomic E-state index is 6.07. The summed E-state index contributed by atoms with van der Waals surface area (Å²) < 4.78 is 3.64. The van der Waals surface area contributed by atoms with Gasteiger partial charge in [-0.05, 0) is 12.1 Å². The third kappa shape index (κ3) is 1.47. The second kappa shape index (κ2) is 3.49. The lowest BCUT2D eigenvalue weighted by molar-refractivity contribution is 0.918. The second-order valence-corrected chi connectivity index (χ2v) is 4.25. The molecule has 3 heterocycles. The molecule has 0 saturated heterocycles. The second-order valence-electron chi connectivity index (χ2n) is 3.81. The molecule has 3 aromatic heterocycles. The summed E-state index contributed by atoms with van der Waals surface area (Å²) >= 11 is 5.93. The summed E-state index contributed by atoms with van der Waals surface area (Å²) in [6.45, 7) is 0. The number of pyridine rings is 1. The minimum atomic E-state index is 0.561. The van der Waals surface area contributed by atoms with E-state index in [1.807, 2.05) is 17.7 Å². The van der Waals surface area contributed by atoms with Crippen LogP contribution in [0.1, 0.15) is 0 Å². The Bertz CT molecular complexity index is 697. The fourth-order valence-corrected chi connectivity index (χ4v) is 1.97. The average Bonchev–Trinajstić information content (AvgIpc) is 2.84. The standard InChI is InChI=1S/C11H10ClN5/c1-16-6-14-4-8(16)10-11(13)17-5-7(12)2-3-9(17)15-10/h2-6H,13H2,1H3. The predicted octanol–water partition coefficient (Wildman–Crippen LogP) is 1.97. The number of halogens is 1. The number of rotatable bonds is 1. The zero-order valence-corrected chi connectivity index (χ0v) is 9.89. The number of nitrogen functional groups attached to an aromatic ring is 1. The summed E-state index contributed by atoms with van der Waals surface area (Å²) in [5, 5.41) is 0.623. The van der Waals surface area contributed by atoms with Crippen LogP contribution in [-0.2, 0) is 7.05 Å². The van der Waals surface area contributed by atoms with Crippen LogP contribution < -0.4 is 5.73 Å². The molecule has 0 bridgehead atoms. The van der Waals surface area contributed by atoms with Gasteiger partial charge in [0.05, 0.1) is 23.2 Å². The number of hydrogen-bond donors (Lipinski definition) is 1. The fraction of sp³-hybridized carbons (Fsp3) is 0.0909. The van der Waals surface area contributed by atoms with E-state index >= 15 is 0 Å². The van der Waals surface area contributed by atoms with Crippen LogP contribution in [-0.4, -0.2) is 18.9 Å². The minimum Gasteiger partial charge on any atom is -0.383 e. The van der Waals surface area contributed by atoms with Gasteiger partial charge >= 0.3 is 0 Å². The maximum absolute atomic E-state index is 6.07. The molecule has 86 valence electrons. The average molecular weight is 248 g/mol. The zero-order valence-electron chi connectivity index (χ0n) is 9.13. The summed E-state index contributed by atoms with van der Waals surface area (Å²) in [7, 11) is 1.90. The van der Waals surface area contributed by atoms with Crippen molar-refractivity contribution in [2.24, 2.45) is 7.05 Å². The van der Waals surface area contributed by atoms with Gasteiger partial charge in [-0.2, -0.15) is 0 Å². The first-order valence-electron chi connectivity index (χ1n) is 5.06. The van der Waals surface area contributed by atoms with Crippen molar-refractivity contribution in [3.8, 4) is 11.4 Å². The minimum absolute atomic E-state index is 0.561. The van der Waals surface area contributed by atoms with Crippen molar-refractivity contribution in [3.63, 3.8) is 0 Å². The van der Waals surface area contributed by atoms with Crippen LogP contribution in [0.4, 0.5) is 5.82 Å². The molecule has 0 saturated carbocycles. The number of hydrogen-bond acceptors (Lipinski definition) is 3. The van der Waals surface area contributed by atoms with Gasteiger partial charge in [-0.15, -0.1) is 0 Å². The molecule has 0 aliphatic rings. The lowest BCUT2D eigenvalue weighted by Crippen LogP contribution is -1.96. The normalized spacial score (nSPS) is 11.2. The van der Waals surface area contributed by atoms with Gasteiger partial charge in [-0.1, -0.05) is 11.6 Å². The third-order valence-corrected chi connectivity index (χ3v) is 2.90. The number of anilines is 1. The van der Waals surface area contributed by atoms with Crippen molar-refractivity contribution in [1.82, 2.24) is 18.9 Å². The Hall–Kier alpha value is -2.01. The Morgan fingerprint density at radius 1 is 1.35 bits per heavy atom. The monoisotopic (exact) mass is 247 g/mol. The van der Waals surface area contributed by atoms with E-state index in [-0.39, 0.29) is 0 Å². The molecule has 0 fully saturated rings. The van der Waals surface area contributed by atoms with Gasteiger partial charge in [-0.25, -0.2) is 9.97 Å². The van der Waals surface area contributed by atoms with Crippen LogP contribution in [0, 0.1) is 0 Å². The van der Waals surface area contributed by atoms with E-state index < -0.39 is 0 Å². The molecule has 17 heavy (non-hydrogen) atoms. The molecule has 3 aromatic rings. The van der Waals surface area contributed by atoms with Crippen molar-refractivity contribution in [2.45, 2.75) is 0 Å². The molecular formula is C11H10ClN5. The van der Waals surface area contributed by atoms with Crippen LogP contribution in [0.3, 0.4) is 0 Å². The van der Waals surface area contributed by atoms with Gasteiger partial charge in [0.25, 0.3) is 0 Å². The highest BCUT2D eigenvalue weighted by atomic mass is 35.5. The third-order valence-electron chi connectivity index (χ3n) is 2.68. The highest BCUT2D eigenvalue weighted by Crippen LogP contribution is 2.26. The van der Waals surface area contributed by atoms with E-state index in [1.54, 1.807) is 29.2 Å². The van der Waals surface area contributed by atoms with Crippen LogP contribution in [0.2, 0.25) is 5.02 Å². The molecule has 0 atom stereocenters. The van der Waals surface area contributed by atoms with Crippen molar-refractivity contribution in [3.05, 3.63) is 35.9 Å². The summed E-state index contributed by atoms with van der Waals surface area (Å²) in [4.78, 5) is 8.53. The molecule has 0 spiro atoms. The van der Waals surface area contributed by atoms with E-state index in [0.29, 0.717) is 16.5 Å². The number of nitrogens with zero attached hydrogens (tertiary/aromatic N) is 4. The number of imidazole rings is 2. The van der Waals surface area contributed by atoms with E-state index in [0.717, 1.165) is 11.3 Å². The van der Waals surface area contributed by atoms with Crippen LogP contribution >= 0.6 is 11.6 Å². The highest BCUT2D eigenvalue weighted by molar-refractivity contribution is 6.30. The van der Waals surface area contributed by atoms with Crippen LogP contribution in [0.5, 0.6) is 0 Å². The molecule has 0 unspecified atom stereocenters. The Kier molecular flexibility index (Phi) is 2.09. The number of aryl methyl sites for hydroxylation is 1. The number of aromatic nitrogens is 4. The van der Waals surface area contributed by atoms with Gasteiger partial charge in [-0.3, -0.25) is 4.40 Å². The van der Waals surface area contributed by atoms with E-state index in [1.165, 1.54) is 0 Å². The lowest BCUT2D eigenvalue weighted by atomic mass is 10.3. The van der Waals surface area contributed by atoms with Gasteiger partial charge < -0.3 is 10.3 Å². The van der Waals surface area contributed by atoms with E-state index in [2.05, 4.69) is 9.97 Å². The van der Waals surface area contributed by atoms with Crippen molar-refractivity contribution in [1.29, 1.82) is 0 Å². The Morgan fingerprint density at radius 3 is 2.88 bits per heavy atom. The first-order chi connectivity index (χ1) is 8.16. The smallest absolute Gasteiger partial charge is 0.139 e. The summed E-state index contributed by atoms with van der Waals surface area (Å²) in [5.74, 6) is 0.561. The highest BCUT2D eigenvalue weighted by Gasteiger charge is 2.13. The van der Waals surface area contributed by atoms with Crippen LogP contribution in [0.25, 0.3) is 17.0 Å². The van der Waals surface area contributed by atoms with E-state index in [4.69, 9.17) is 17.3 Å². The number of nitrogens with two attached hydrogens (primary N) is 1. The Morgan fingerprint density at radius 2 is 2.18 bits per heavy atom. The van der Waals surface area contributed by atoms with Gasteiger partial charge in [0, 0.05) is 13.2 Å². The predicted molar refractivity (Wildman–Crippen MR) is 66.8 cm³/mol. The number of fused-ring (bicyclic) bond motifs is 1. The first kappa shape index (κ1) is 10.2. The topological polar surface area (TPSA) is 61.1 Å². The summed E-state index contributed by atoms with van der Waals surface area (Å²) in [6, 6.07) is 3.62. The molecule has 3 rings (SSSR count). The SMILES string of the molecule is Cn1cncc1-c1nc2ccc(Cl)cn2c1N. The summed E-state index contributed by atoms with van der Waals surface area (Å²) in [5.41, 5.74) is 8.43. The van der Waals surface area contributed by atoms with Gasteiger partial charge in [0.15, 0.2) is 0 Å². The molecule has 5 nitrogen and oxygen atoms in total. The Balaban J connectivity index is 2.32. The largest absolute Gasteiger partial charge is 0.383 e. The lowest BCUT2D eigenvalue weighted by Gasteiger charge is -1.99. The first-order valence-corrected chi connectivity index (χ1v) is 5.44. The van der Waals surface area contributed by atoms with Gasteiger partial charge in [0.1, 0.15) is 17.2 Å². The van der Waals surface area contributed by atoms with Crippen molar-refractivity contribution in [2.75, 3.05) is 5.73 Å². The van der Waals surface area contributed by atoms with Crippen molar-refractivity contribution >= 4 is 23.1 Å². The molecule has 2 N–H and O–H groups in total. The molecule has 0 radical (unpaired) electrons.